The highest BCUT2D eigenvalue weighted by Crippen LogP contribution is 2.41. The lowest BCUT2D eigenvalue weighted by molar-refractivity contribution is -0.146. The molecule has 4 rings (SSSR count). The van der Waals surface area contributed by atoms with Crippen LogP contribution >= 0.6 is 0 Å². The summed E-state index contributed by atoms with van der Waals surface area (Å²) >= 11 is 0. The first-order valence-electron chi connectivity index (χ1n) is 9.64. The third-order valence-corrected chi connectivity index (χ3v) is 4.99. The SMILES string of the molecule is O=C(Nc1c(-c2cc(F)ccc2F)ccnc1C1CCC(F)(F)CO1)c1cc(C(F)F)no1. The number of hydrogen-bond donors (Lipinski definition) is 1. The van der Waals surface area contributed by atoms with Crippen LogP contribution in [0, 0.1) is 11.6 Å². The molecule has 1 unspecified atom stereocenters. The Hall–Kier alpha value is -3.41. The van der Waals surface area contributed by atoms with Gasteiger partial charge < -0.3 is 14.6 Å². The van der Waals surface area contributed by atoms with Crippen LogP contribution in [-0.2, 0) is 4.74 Å². The van der Waals surface area contributed by atoms with Crippen LogP contribution in [0.1, 0.15) is 47.3 Å². The summed E-state index contributed by atoms with van der Waals surface area (Å²) in [5, 5.41) is 5.47. The summed E-state index contributed by atoms with van der Waals surface area (Å²) < 4.78 is 90.9. The maximum Gasteiger partial charge on any atom is 0.294 e. The summed E-state index contributed by atoms with van der Waals surface area (Å²) in [6.07, 6.45) is -3.45. The number of carbonyl (C=O) groups is 1. The Morgan fingerprint density at radius 1 is 1.15 bits per heavy atom. The average Bonchev–Trinajstić information content (AvgIpc) is 3.27. The highest BCUT2D eigenvalue weighted by atomic mass is 19.3. The number of hydrogen-bond acceptors (Lipinski definition) is 5. The van der Waals surface area contributed by atoms with Crippen LogP contribution in [0.4, 0.5) is 32.0 Å². The van der Waals surface area contributed by atoms with E-state index in [1.807, 2.05) is 0 Å². The van der Waals surface area contributed by atoms with Crippen LogP contribution in [-0.4, -0.2) is 28.6 Å². The molecule has 1 aliphatic rings. The van der Waals surface area contributed by atoms with Crippen molar-refractivity contribution in [2.24, 2.45) is 0 Å². The van der Waals surface area contributed by atoms with Gasteiger partial charge in [-0.1, -0.05) is 5.16 Å². The third-order valence-electron chi connectivity index (χ3n) is 4.99. The molecule has 12 heteroatoms. The summed E-state index contributed by atoms with van der Waals surface area (Å²) in [5.41, 5.74) is -1.24. The minimum absolute atomic E-state index is 0.0198. The van der Waals surface area contributed by atoms with Crippen LogP contribution < -0.4 is 5.32 Å². The largest absolute Gasteiger partial charge is 0.366 e. The predicted molar refractivity (Wildman–Crippen MR) is 102 cm³/mol. The van der Waals surface area contributed by atoms with E-state index in [0.29, 0.717) is 0 Å². The van der Waals surface area contributed by atoms with Crippen LogP contribution in [0.2, 0.25) is 0 Å². The molecule has 1 N–H and O–H groups in total. The molecule has 0 aliphatic carbocycles. The minimum atomic E-state index is -3.04. The average molecular weight is 471 g/mol. The Kier molecular flexibility index (Phi) is 6.11. The van der Waals surface area contributed by atoms with Gasteiger partial charge >= 0.3 is 0 Å². The minimum Gasteiger partial charge on any atom is -0.366 e. The summed E-state index contributed by atoms with van der Waals surface area (Å²) in [7, 11) is 0. The number of nitrogens with zero attached hydrogens (tertiary/aromatic N) is 2. The van der Waals surface area contributed by atoms with Gasteiger partial charge in [-0.2, -0.15) is 0 Å². The second-order valence-corrected chi connectivity index (χ2v) is 7.31. The third kappa shape index (κ3) is 4.85. The van der Waals surface area contributed by atoms with E-state index in [9.17, 15) is 31.1 Å². The number of ether oxygens (including phenoxy) is 1. The fourth-order valence-electron chi connectivity index (χ4n) is 3.39. The molecule has 33 heavy (non-hydrogen) atoms. The molecular formula is C21H15F6N3O3. The first-order chi connectivity index (χ1) is 15.6. The molecule has 3 aromatic rings. The van der Waals surface area contributed by atoms with Gasteiger partial charge in [0.1, 0.15) is 24.3 Å². The number of rotatable bonds is 5. The molecule has 6 nitrogen and oxygen atoms in total. The van der Waals surface area contributed by atoms with Crippen molar-refractivity contribution in [2.45, 2.75) is 31.3 Å². The van der Waals surface area contributed by atoms with Crippen molar-refractivity contribution in [3.63, 3.8) is 0 Å². The molecule has 1 atom stereocenters. The highest BCUT2D eigenvalue weighted by Gasteiger charge is 2.38. The number of anilines is 1. The predicted octanol–water partition coefficient (Wildman–Crippen LogP) is 5.69. The quantitative estimate of drug-likeness (QED) is 0.484. The zero-order chi connectivity index (χ0) is 23.8. The first kappa shape index (κ1) is 22.8. The van der Waals surface area contributed by atoms with Gasteiger partial charge in [-0.15, -0.1) is 0 Å². The summed E-state index contributed by atoms with van der Waals surface area (Å²) in [6, 6.07) is 4.64. The van der Waals surface area contributed by atoms with E-state index >= 15 is 0 Å². The van der Waals surface area contributed by atoms with Gasteiger partial charge in [0.05, 0.1) is 11.4 Å². The number of aromatic nitrogens is 2. The molecule has 3 heterocycles. The van der Waals surface area contributed by atoms with Crippen molar-refractivity contribution >= 4 is 11.6 Å². The Morgan fingerprint density at radius 3 is 2.61 bits per heavy atom. The second kappa shape index (κ2) is 8.85. The maximum atomic E-state index is 14.5. The number of alkyl halides is 4. The molecule has 0 saturated carbocycles. The van der Waals surface area contributed by atoms with Crippen LogP contribution in [0.25, 0.3) is 11.1 Å². The summed E-state index contributed by atoms with van der Waals surface area (Å²) in [4.78, 5) is 16.8. The van der Waals surface area contributed by atoms with E-state index in [1.165, 1.54) is 12.3 Å². The number of halogens is 6. The Balaban J connectivity index is 1.77. The van der Waals surface area contributed by atoms with Gasteiger partial charge in [0.15, 0.2) is 5.69 Å². The van der Waals surface area contributed by atoms with Crippen molar-refractivity contribution in [3.05, 3.63) is 65.3 Å². The van der Waals surface area contributed by atoms with E-state index in [1.54, 1.807) is 0 Å². The topological polar surface area (TPSA) is 77.2 Å². The lowest BCUT2D eigenvalue weighted by atomic mass is 9.97. The van der Waals surface area contributed by atoms with E-state index < -0.39 is 60.5 Å². The van der Waals surface area contributed by atoms with Gasteiger partial charge in [0.25, 0.3) is 18.3 Å². The van der Waals surface area contributed by atoms with E-state index in [4.69, 9.17) is 4.74 Å². The van der Waals surface area contributed by atoms with Gasteiger partial charge in [0.2, 0.25) is 5.76 Å². The zero-order valence-electron chi connectivity index (χ0n) is 16.6. The molecule has 1 aliphatic heterocycles. The molecule has 1 fully saturated rings. The maximum absolute atomic E-state index is 14.5. The number of pyridine rings is 1. The molecule has 1 amide bonds. The number of amides is 1. The van der Waals surface area contributed by atoms with Gasteiger partial charge in [-0.25, -0.2) is 26.3 Å². The van der Waals surface area contributed by atoms with Gasteiger partial charge in [0, 0.05) is 29.8 Å². The molecular weight excluding hydrogens is 456 g/mol. The number of nitrogens with one attached hydrogen (secondary N) is 1. The number of carbonyl (C=O) groups excluding carboxylic acids is 1. The van der Waals surface area contributed by atoms with Crippen molar-refractivity contribution in [2.75, 3.05) is 11.9 Å². The van der Waals surface area contributed by atoms with Crippen molar-refractivity contribution in [1.82, 2.24) is 10.1 Å². The monoisotopic (exact) mass is 471 g/mol. The molecule has 2 aromatic heterocycles. The Labute approximate surface area is 182 Å². The molecule has 1 saturated heterocycles. The molecule has 174 valence electrons. The van der Waals surface area contributed by atoms with Crippen molar-refractivity contribution < 1.29 is 40.4 Å². The van der Waals surface area contributed by atoms with E-state index in [2.05, 4.69) is 20.0 Å². The Morgan fingerprint density at radius 2 is 1.94 bits per heavy atom. The lowest BCUT2D eigenvalue weighted by Crippen LogP contribution is -2.31. The fourth-order valence-corrected chi connectivity index (χ4v) is 3.39. The van der Waals surface area contributed by atoms with Gasteiger partial charge in [-0.3, -0.25) is 9.78 Å². The first-order valence-corrected chi connectivity index (χ1v) is 9.64. The molecule has 0 spiro atoms. The Bertz CT molecular complexity index is 1170. The summed E-state index contributed by atoms with van der Waals surface area (Å²) in [6.45, 7) is -0.898. The fraction of sp³-hybridized carbons (Fsp3) is 0.286. The van der Waals surface area contributed by atoms with E-state index in [0.717, 1.165) is 24.3 Å². The highest BCUT2D eigenvalue weighted by molar-refractivity contribution is 6.05. The lowest BCUT2D eigenvalue weighted by Gasteiger charge is -2.30. The van der Waals surface area contributed by atoms with Crippen LogP contribution in [0.5, 0.6) is 0 Å². The molecule has 0 bridgehead atoms. The smallest absolute Gasteiger partial charge is 0.294 e. The molecule has 1 aromatic carbocycles. The van der Waals surface area contributed by atoms with Crippen molar-refractivity contribution in [3.8, 4) is 11.1 Å². The van der Waals surface area contributed by atoms with Crippen molar-refractivity contribution in [1.29, 1.82) is 0 Å². The normalized spacial score (nSPS) is 17.8. The molecule has 0 radical (unpaired) electrons. The van der Waals surface area contributed by atoms with Gasteiger partial charge in [-0.05, 0) is 30.7 Å². The van der Waals surface area contributed by atoms with Crippen LogP contribution in [0.3, 0.4) is 0 Å². The summed E-state index contributed by atoms with van der Waals surface area (Å²) in [5.74, 6) is -6.27. The second-order valence-electron chi connectivity index (χ2n) is 7.31. The van der Waals surface area contributed by atoms with Crippen LogP contribution in [0.15, 0.2) is 41.1 Å². The number of benzene rings is 1. The zero-order valence-corrected chi connectivity index (χ0v) is 16.6. The van der Waals surface area contributed by atoms with E-state index in [-0.39, 0.29) is 28.9 Å². The standard InChI is InChI=1S/C21H15F6N3O3/c22-10-1-2-13(23)12(7-10)11-4-6-28-18(15-3-5-21(26,27)9-32-15)17(11)29-20(31)16-8-14(19(24)25)30-33-16/h1-2,4,6-8,15,19H,3,5,9H2,(H,29,31).